The van der Waals surface area contributed by atoms with Crippen molar-refractivity contribution in [3.8, 4) is 0 Å². The Kier molecular flexibility index (Phi) is 6.02. The molecule has 1 saturated carbocycles. The fourth-order valence-corrected chi connectivity index (χ4v) is 4.49. The van der Waals surface area contributed by atoms with Crippen LogP contribution in [0.2, 0.25) is 0 Å². The maximum Gasteiger partial charge on any atom is 0.391 e. The Hall–Kier alpha value is -2.13. The van der Waals surface area contributed by atoms with Gasteiger partial charge in [-0.3, -0.25) is 0 Å². The molecule has 3 N–H and O–H groups in total. The molecule has 0 saturated heterocycles. The second-order valence-corrected chi connectivity index (χ2v) is 8.42. The van der Waals surface area contributed by atoms with Gasteiger partial charge in [0, 0.05) is 29.8 Å². The lowest BCUT2D eigenvalue weighted by Crippen LogP contribution is -2.25. The topological polar surface area (TPSA) is 74.5 Å². The largest absolute Gasteiger partial charge is 0.393 e. The summed E-state index contributed by atoms with van der Waals surface area (Å²) in [6, 6.07) is 1.34. The summed E-state index contributed by atoms with van der Waals surface area (Å²) < 4.78 is 39.9. The van der Waals surface area contributed by atoms with Gasteiger partial charge in [0.1, 0.15) is 0 Å². The highest BCUT2D eigenvalue weighted by Gasteiger charge is 2.30. The molecular weight excluding hydrogens is 395 g/mol. The van der Waals surface area contributed by atoms with Gasteiger partial charge in [-0.25, -0.2) is 9.50 Å². The molecule has 0 unspecified atom stereocenters. The Balaban J connectivity index is 1.69. The van der Waals surface area contributed by atoms with Crippen molar-refractivity contribution < 1.29 is 18.3 Å². The van der Waals surface area contributed by atoms with Crippen molar-refractivity contribution in [3.63, 3.8) is 0 Å². The standard InChI is InChI=1S/C21H28F3N5O/c1-13(11-21(22,23)24)27-20-26-12-19-17(14-6-8-25-9-7-14)10-18(29(19)28-20)15-2-4-16(30)5-3-15/h6,10,12-13,15-16,25,30H,2-5,7-9,11H2,1H3,(H,27,28)/t13-,15-,16-/m0/s1. The van der Waals surface area contributed by atoms with Crippen molar-refractivity contribution in [3.05, 3.63) is 29.6 Å². The third-order valence-electron chi connectivity index (χ3n) is 5.98. The smallest absolute Gasteiger partial charge is 0.391 e. The number of aromatic nitrogens is 3. The monoisotopic (exact) mass is 423 g/mol. The maximum atomic E-state index is 12.7. The van der Waals surface area contributed by atoms with Gasteiger partial charge in [-0.05, 0) is 57.2 Å². The van der Waals surface area contributed by atoms with Gasteiger partial charge in [0.05, 0.1) is 24.2 Å². The lowest BCUT2D eigenvalue weighted by molar-refractivity contribution is -0.136. The molecule has 0 spiro atoms. The zero-order valence-corrected chi connectivity index (χ0v) is 17.0. The average molecular weight is 423 g/mol. The van der Waals surface area contributed by atoms with Gasteiger partial charge >= 0.3 is 6.18 Å². The lowest BCUT2D eigenvalue weighted by atomic mass is 9.85. The SMILES string of the molecule is C[C@@H](CC(F)(F)F)Nc1ncc2c(C3=CCNCC3)cc([C@H]3CC[C@H](O)CC3)n2n1. The van der Waals surface area contributed by atoms with Crippen LogP contribution in [0.1, 0.15) is 62.6 Å². The number of nitrogens with one attached hydrogen (secondary N) is 2. The van der Waals surface area contributed by atoms with Crippen LogP contribution in [-0.4, -0.2) is 51.1 Å². The number of aliphatic hydroxyl groups is 1. The molecule has 1 aliphatic carbocycles. The highest BCUT2D eigenvalue weighted by atomic mass is 19.4. The first-order valence-electron chi connectivity index (χ1n) is 10.6. The molecule has 1 aliphatic heterocycles. The zero-order chi connectivity index (χ0) is 21.3. The van der Waals surface area contributed by atoms with E-state index in [1.165, 1.54) is 12.5 Å². The van der Waals surface area contributed by atoms with Crippen molar-refractivity contribution in [2.45, 2.75) is 69.7 Å². The van der Waals surface area contributed by atoms with E-state index >= 15 is 0 Å². The van der Waals surface area contributed by atoms with Crippen molar-refractivity contribution in [1.29, 1.82) is 0 Å². The summed E-state index contributed by atoms with van der Waals surface area (Å²) in [6.07, 6.45) is 2.57. The molecule has 3 heterocycles. The molecule has 1 fully saturated rings. The highest BCUT2D eigenvalue weighted by molar-refractivity contribution is 5.80. The quantitative estimate of drug-likeness (QED) is 0.681. The number of alkyl halides is 3. The van der Waals surface area contributed by atoms with Gasteiger partial charge in [0.15, 0.2) is 0 Å². The van der Waals surface area contributed by atoms with E-state index in [0.717, 1.165) is 62.0 Å². The van der Waals surface area contributed by atoms with Crippen LogP contribution < -0.4 is 10.6 Å². The molecule has 6 nitrogen and oxygen atoms in total. The first-order chi connectivity index (χ1) is 14.3. The average Bonchev–Trinajstić information content (AvgIpc) is 3.06. The molecular formula is C21H28F3N5O. The molecule has 0 radical (unpaired) electrons. The van der Waals surface area contributed by atoms with Crippen LogP contribution in [0.15, 0.2) is 18.3 Å². The van der Waals surface area contributed by atoms with Crippen molar-refractivity contribution >= 4 is 17.0 Å². The summed E-state index contributed by atoms with van der Waals surface area (Å²) in [7, 11) is 0. The van der Waals surface area contributed by atoms with E-state index in [4.69, 9.17) is 0 Å². The minimum Gasteiger partial charge on any atom is -0.393 e. The van der Waals surface area contributed by atoms with Gasteiger partial charge in [-0.15, -0.1) is 5.10 Å². The Morgan fingerprint density at radius 1 is 1.30 bits per heavy atom. The van der Waals surface area contributed by atoms with Gasteiger partial charge in [0.25, 0.3) is 0 Å². The van der Waals surface area contributed by atoms with E-state index in [-0.39, 0.29) is 18.0 Å². The first kappa shape index (κ1) is 21.1. The lowest BCUT2D eigenvalue weighted by Gasteiger charge is -2.25. The highest BCUT2D eigenvalue weighted by Crippen LogP contribution is 2.37. The second kappa shape index (κ2) is 8.55. The summed E-state index contributed by atoms with van der Waals surface area (Å²) in [5.41, 5.74) is 4.24. The molecule has 0 amide bonds. The maximum absolute atomic E-state index is 12.7. The Labute approximate surface area is 173 Å². The third-order valence-corrected chi connectivity index (χ3v) is 5.98. The third kappa shape index (κ3) is 4.78. The first-order valence-corrected chi connectivity index (χ1v) is 10.6. The fourth-order valence-electron chi connectivity index (χ4n) is 4.49. The number of fused-ring (bicyclic) bond motifs is 1. The molecule has 164 valence electrons. The zero-order valence-electron chi connectivity index (χ0n) is 17.0. The van der Waals surface area contributed by atoms with E-state index in [1.54, 1.807) is 6.20 Å². The van der Waals surface area contributed by atoms with Gasteiger partial charge < -0.3 is 15.7 Å². The number of aliphatic hydroxyl groups excluding tert-OH is 1. The minimum atomic E-state index is -4.24. The molecule has 0 aromatic carbocycles. The number of hydrogen-bond acceptors (Lipinski definition) is 5. The Morgan fingerprint density at radius 2 is 2.07 bits per heavy atom. The predicted molar refractivity (Wildman–Crippen MR) is 109 cm³/mol. The van der Waals surface area contributed by atoms with Gasteiger partial charge in [-0.1, -0.05) is 6.08 Å². The van der Waals surface area contributed by atoms with E-state index in [0.29, 0.717) is 0 Å². The molecule has 2 aromatic rings. The summed E-state index contributed by atoms with van der Waals surface area (Å²) in [5.74, 6) is 0.449. The van der Waals surface area contributed by atoms with E-state index in [9.17, 15) is 18.3 Å². The summed E-state index contributed by atoms with van der Waals surface area (Å²) in [6.45, 7) is 3.20. The van der Waals surface area contributed by atoms with Crippen molar-refractivity contribution in [2.75, 3.05) is 18.4 Å². The summed E-state index contributed by atoms with van der Waals surface area (Å²) in [5, 5.41) is 20.6. The van der Waals surface area contributed by atoms with Gasteiger partial charge in [-0.2, -0.15) is 13.2 Å². The Bertz CT molecular complexity index is 915. The number of hydrogen-bond donors (Lipinski definition) is 3. The predicted octanol–water partition coefficient (Wildman–Crippen LogP) is 3.88. The molecule has 4 rings (SSSR count). The normalized spacial score (nSPS) is 24.0. The number of nitrogens with zero attached hydrogens (tertiary/aromatic N) is 3. The van der Waals surface area contributed by atoms with Crippen LogP contribution >= 0.6 is 0 Å². The molecule has 0 bridgehead atoms. The summed E-state index contributed by atoms with van der Waals surface area (Å²) in [4.78, 5) is 4.31. The minimum absolute atomic E-state index is 0.192. The van der Waals surface area contributed by atoms with E-state index in [1.807, 2.05) is 4.52 Å². The number of halogens is 3. The molecule has 1 atom stereocenters. The van der Waals surface area contributed by atoms with Crippen LogP contribution in [0.5, 0.6) is 0 Å². The van der Waals surface area contributed by atoms with Crippen LogP contribution in [0, 0.1) is 0 Å². The second-order valence-electron chi connectivity index (χ2n) is 8.42. The van der Waals surface area contributed by atoms with Crippen LogP contribution in [-0.2, 0) is 0 Å². The fraction of sp³-hybridized carbons (Fsp3) is 0.619. The molecule has 9 heteroatoms. The number of rotatable bonds is 5. The summed E-state index contributed by atoms with van der Waals surface area (Å²) >= 11 is 0. The van der Waals surface area contributed by atoms with Gasteiger partial charge in [0.2, 0.25) is 5.95 Å². The molecule has 2 aliphatic rings. The van der Waals surface area contributed by atoms with E-state index < -0.39 is 18.6 Å². The molecule has 2 aromatic heterocycles. The molecule has 30 heavy (non-hydrogen) atoms. The van der Waals surface area contributed by atoms with Crippen LogP contribution in [0.4, 0.5) is 19.1 Å². The van der Waals surface area contributed by atoms with E-state index in [2.05, 4.69) is 32.9 Å². The number of anilines is 1. The van der Waals surface area contributed by atoms with Crippen LogP contribution in [0.25, 0.3) is 11.1 Å². The van der Waals surface area contributed by atoms with Crippen molar-refractivity contribution in [2.24, 2.45) is 0 Å². The van der Waals surface area contributed by atoms with Crippen molar-refractivity contribution in [1.82, 2.24) is 19.9 Å². The van der Waals surface area contributed by atoms with Crippen LogP contribution in [0.3, 0.4) is 0 Å². The Morgan fingerprint density at radius 3 is 2.73 bits per heavy atom.